The van der Waals surface area contributed by atoms with E-state index in [0.29, 0.717) is 0 Å². The largest absolute Gasteiger partial charge is 0.368 e. The van der Waals surface area contributed by atoms with Crippen LogP contribution in [0.15, 0.2) is 48.8 Å². The predicted molar refractivity (Wildman–Crippen MR) is 103 cm³/mol. The molecule has 0 spiro atoms. The molecular formula is C19H20N7O2. The Morgan fingerprint density at radius 1 is 1.14 bits per heavy atom. The minimum atomic E-state index is -0.344. The topological polar surface area (TPSA) is 93.2 Å². The first-order chi connectivity index (χ1) is 13.7. The lowest BCUT2D eigenvalue weighted by Crippen LogP contribution is -2.47. The first kappa shape index (κ1) is 18.1. The maximum absolute atomic E-state index is 10.9. The van der Waals surface area contributed by atoms with Crippen molar-refractivity contribution in [1.82, 2.24) is 25.1 Å². The van der Waals surface area contributed by atoms with Crippen molar-refractivity contribution in [3.8, 4) is 5.69 Å². The zero-order valence-electron chi connectivity index (χ0n) is 15.3. The number of non-ortho nitro benzene ring substituents is 1. The van der Waals surface area contributed by atoms with E-state index in [0.717, 1.165) is 56.1 Å². The second-order valence-corrected chi connectivity index (χ2v) is 6.69. The van der Waals surface area contributed by atoms with Gasteiger partial charge in [-0.15, -0.1) is 5.10 Å². The van der Waals surface area contributed by atoms with Crippen LogP contribution in [0.4, 0.5) is 11.4 Å². The van der Waals surface area contributed by atoms with Crippen LogP contribution in [0.5, 0.6) is 0 Å². The molecule has 9 heteroatoms. The average molecular weight is 378 g/mol. The van der Waals surface area contributed by atoms with E-state index in [1.54, 1.807) is 23.1 Å². The summed E-state index contributed by atoms with van der Waals surface area (Å²) in [7, 11) is 0. The van der Waals surface area contributed by atoms with Gasteiger partial charge in [0, 0.05) is 56.6 Å². The summed E-state index contributed by atoms with van der Waals surface area (Å²) in [5, 5.41) is 22.1. The van der Waals surface area contributed by atoms with Gasteiger partial charge >= 0.3 is 0 Å². The number of rotatable bonds is 6. The van der Waals surface area contributed by atoms with Crippen molar-refractivity contribution in [1.29, 1.82) is 0 Å². The van der Waals surface area contributed by atoms with Gasteiger partial charge in [0.05, 0.1) is 10.6 Å². The normalized spacial score (nSPS) is 14.9. The molecule has 3 aromatic rings. The molecule has 1 saturated heterocycles. The molecule has 0 amide bonds. The summed E-state index contributed by atoms with van der Waals surface area (Å²) in [6, 6.07) is 16.1. The van der Waals surface area contributed by atoms with Crippen molar-refractivity contribution >= 4 is 11.4 Å². The Bertz CT molecular complexity index is 920. The number of tetrazole rings is 1. The summed E-state index contributed by atoms with van der Waals surface area (Å²) in [6.45, 7) is 4.66. The van der Waals surface area contributed by atoms with Gasteiger partial charge in [-0.1, -0.05) is 12.1 Å². The monoisotopic (exact) mass is 378 g/mol. The quantitative estimate of drug-likeness (QED) is 0.476. The zero-order valence-corrected chi connectivity index (χ0v) is 15.3. The zero-order chi connectivity index (χ0) is 19.3. The fraction of sp³-hybridized carbons (Fsp3) is 0.316. The summed E-state index contributed by atoms with van der Waals surface area (Å²) in [5.74, 6) is 0. The van der Waals surface area contributed by atoms with Crippen molar-refractivity contribution in [3.05, 3.63) is 70.5 Å². The van der Waals surface area contributed by atoms with E-state index in [9.17, 15) is 10.1 Å². The number of piperazine rings is 1. The maximum atomic E-state index is 10.9. The van der Waals surface area contributed by atoms with Gasteiger partial charge in [0.1, 0.15) is 6.33 Å². The molecule has 1 aromatic heterocycles. The Labute approximate surface area is 162 Å². The highest BCUT2D eigenvalue weighted by Gasteiger charge is 2.17. The van der Waals surface area contributed by atoms with Crippen molar-refractivity contribution in [3.63, 3.8) is 0 Å². The molecule has 28 heavy (non-hydrogen) atoms. The highest BCUT2D eigenvalue weighted by molar-refractivity contribution is 5.50. The SMILES string of the molecule is O=[N+]([O-])c1cccc(CCN2CCN(c3[c]cc(-n4cnnn4)cc3)CC2)c1. The Balaban J connectivity index is 1.29. The van der Waals surface area contributed by atoms with Crippen LogP contribution in [0.1, 0.15) is 5.56 Å². The van der Waals surface area contributed by atoms with Gasteiger partial charge in [0.25, 0.3) is 5.69 Å². The number of nitro benzene ring substituents is 1. The summed E-state index contributed by atoms with van der Waals surface area (Å²) in [6.07, 6.45) is 2.37. The Hall–Kier alpha value is -3.33. The molecule has 0 saturated carbocycles. The highest BCUT2D eigenvalue weighted by Crippen LogP contribution is 2.19. The van der Waals surface area contributed by atoms with E-state index in [2.05, 4.69) is 31.4 Å². The highest BCUT2D eigenvalue weighted by atomic mass is 16.6. The number of anilines is 1. The molecule has 2 aromatic carbocycles. The third-order valence-electron chi connectivity index (χ3n) is 4.94. The molecule has 1 aliphatic heterocycles. The van der Waals surface area contributed by atoms with E-state index >= 15 is 0 Å². The minimum absolute atomic E-state index is 0.156. The molecule has 143 valence electrons. The van der Waals surface area contributed by atoms with Crippen LogP contribution < -0.4 is 4.90 Å². The van der Waals surface area contributed by atoms with E-state index < -0.39 is 0 Å². The standard InChI is InChI=1S/C19H20N7O2/c27-26(28)19-3-1-2-16(14-19)8-9-23-10-12-24(13-11-23)17-4-6-18(7-5-17)25-15-20-21-22-25/h1-4,6-7,14-15H,8-13H2. The molecule has 4 rings (SSSR count). The van der Waals surface area contributed by atoms with Gasteiger partial charge in [-0.2, -0.15) is 0 Å². The molecule has 1 aliphatic rings. The number of hydrogen-bond acceptors (Lipinski definition) is 7. The molecule has 9 nitrogen and oxygen atoms in total. The summed E-state index contributed by atoms with van der Waals surface area (Å²) >= 11 is 0. The third-order valence-corrected chi connectivity index (χ3v) is 4.94. The van der Waals surface area contributed by atoms with Crippen molar-refractivity contribution in [2.75, 3.05) is 37.6 Å². The lowest BCUT2D eigenvalue weighted by molar-refractivity contribution is -0.384. The molecule has 1 fully saturated rings. The summed E-state index contributed by atoms with van der Waals surface area (Å²) in [4.78, 5) is 15.3. The fourth-order valence-corrected chi connectivity index (χ4v) is 3.35. The molecule has 0 bridgehead atoms. The van der Waals surface area contributed by atoms with Crippen LogP contribution in [0.2, 0.25) is 0 Å². The summed E-state index contributed by atoms with van der Waals surface area (Å²) < 4.78 is 1.60. The van der Waals surface area contributed by atoms with Crippen LogP contribution >= 0.6 is 0 Å². The summed E-state index contributed by atoms with van der Waals surface area (Å²) in [5.41, 5.74) is 3.10. The van der Waals surface area contributed by atoms with E-state index in [1.807, 2.05) is 24.3 Å². The van der Waals surface area contributed by atoms with Crippen molar-refractivity contribution in [2.24, 2.45) is 0 Å². The Morgan fingerprint density at radius 3 is 2.68 bits per heavy atom. The lowest BCUT2D eigenvalue weighted by Gasteiger charge is -2.36. The number of nitrogens with zero attached hydrogens (tertiary/aromatic N) is 7. The van der Waals surface area contributed by atoms with Crippen molar-refractivity contribution in [2.45, 2.75) is 6.42 Å². The molecule has 0 aliphatic carbocycles. The molecule has 0 unspecified atom stereocenters. The molecule has 1 radical (unpaired) electrons. The second kappa shape index (κ2) is 8.13. The first-order valence-electron chi connectivity index (χ1n) is 9.15. The van der Waals surface area contributed by atoms with E-state index in [1.165, 1.54) is 6.07 Å². The third kappa shape index (κ3) is 4.15. The second-order valence-electron chi connectivity index (χ2n) is 6.69. The smallest absolute Gasteiger partial charge is 0.269 e. The van der Waals surface area contributed by atoms with Crippen LogP contribution in [0.3, 0.4) is 0 Å². The van der Waals surface area contributed by atoms with Crippen LogP contribution in [0, 0.1) is 16.2 Å². The van der Waals surface area contributed by atoms with Gasteiger partial charge in [-0.05, 0) is 40.6 Å². The average Bonchev–Trinajstić information content (AvgIpc) is 3.28. The fourth-order valence-electron chi connectivity index (χ4n) is 3.35. The van der Waals surface area contributed by atoms with Gasteiger partial charge in [-0.3, -0.25) is 15.0 Å². The van der Waals surface area contributed by atoms with Crippen LogP contribution in [0.25, 0.3) is 5.69 Å². The van der Waals surface area contributed by atoms with Gasteiger partial charge in [0.2, 0.25) is 0 Å². The number of benzene rings is 2. The molecule has 2 heterocycles. The predicted octanol–water partition coefficient (Wildman–Crippen LogP) is 1.74. The van der Waals surface area contributed by atoms with Gasteiger partial charge in [-0.25, -0.2) is 4.68 Å². The minimum Gasteiger partial charge on any atom is -0.368 e. The Morgan fingerprint density at radius 2 is 2.00 bits per heavy atom. The first-order valence-corrected chi connectivity index (χ1v) is 9.15. The molecular weight excluding hydrogens is 358 g/mol. The lowest BCUT2D eigenvalue weighted by atomic mass is 10.1. The van der Waals surface area contributed by atoms with Crippen LogP contribution in [-0.4, -0.2) is 62.8 Å². The number of aromatic nitrogens is 4. The number of hydrogen-bond donors (Lipinski definition) is 0. The van der Waals surface area contributed by atoms with E-state index in [4.69, 9.17) is 0 Å². The van der Waals surface area contributed by atoms with Crippen LogP contribution in [-0.2, 0) is 6.42 Å². The number of nitro groups is 1. The van der Waals surface area contributed by atoms with Gasteiger partial charge in [0.15, 0.2) is 0 Å². The van der Waals surface area contributed by atoms with Gasteiger partial charge < -0.3 is 4.90 Å². The van der Waals surface area contributed by atoms with Crippen molar-refractivity contribution < 1.29 is 4.92 Å². The Kier molecular flexibility index (Phi) is 5.24. The molecule has 0 N–H and O–H groups in total. The van der Waals surface area contributed by atoms with E-state index in [-0.39, 0.29) is 10.6 Å². The molecule has 0 atom stereocenters. The maximum Gasteiger partial charge on any atom is 0.269 e.